The number of hydrogen-bond donors (Lipinski definition) is 1. The number of rotatable bonds is 8. The van der Waals surface area contributed by atoms with Gasteiger partial charge in [0, 0.05) is 0 Å². The first kappa shape index (κ1) is 22.5. The molecule has 0 amide bonds. The summed E-state index contributed by atoms with van der Waals surface area (Å²) >= 11 is 0. The molecule has 0 bridgehead atoms. The van der Waals surface area contributed by atoms with Gasteiger partial charge in [-0.1, -0.05) is 91.0 Å². The van der Waals surface area contributed by atoms with Crippen LogP contribution < -0.4 is 4.72 Å². The molecule has 0 aliphatic heterocycles. The van der Waals surface area contributed by atoms with Crippen LogP contribution in [0.5, 0.6) is 0 Å². The fourth-order valence-corrected chi connectivity index (χ4v) is 4.44. The summed E-state index contributed by atoms with van der Waals surface area (Å²) in [5.41, 5.74) is 3.13. The first-order valence-electron chi connectivity index (χ1n) is 10.5. The van der Waals surface area contributed by atoms with Crippen molar-refractivity contribution >= 4 is 16.0 Å². The zero-order valence-electron chi connectivity index (χ0n) is 17.8. The van der Waals surface area contributed by atoms with Crippen molar-refractivity contribution in [3.8, 4) is 11.1 Å². The number of ether oxygens (including phenoxy) is 1. The summed E-state index contributed by atoms with van der Waals surface area (Å²) in [7, 11) is -3.74. The second-order valence-electron chi connectivity index (χ2n) is 7.41. The van der Waals surface area contributed by atoms with Crippen molar-refractivity contribution in [2.24, 2.45) is 0 Å². The number of sulfonamides is 1. The fraction of sp³-hybridized carbons (Fsp3) is 0.0741. The summed E-state index contributed by atoms with van der Waals surface area (Å²) in [6.45, 7) is -0.0882. The third-order valence-electron chi connectivity index (χ3n) is 5.16. The van der Waals surface area contributed by atoms with Crippen LogP contribution in [0.2, 0.25) is 0 Å². The van der Waals surface area contributed by atoms with Gasteiger partial charge in [0.2, 0.25) is 10.0 Å². The number of benzene rings is 4. The van der Waals surface area contributed by atoms with Crippen LogP contribution >= 0.6 is 0 Å². The van der Waals surface area contributed by atoms with E-state index in [9.17, 15) is 13.2 Å². The molecule has 6 heteroatoms. The Hall–Kier alpha value is -3.74. The Morgan fingerprint density at radius 3 is 1.82 bits per heavy atom. The minimum atomic E-state index is -3.74. The van der Waals surface area contributed by atoms with Crippen molar-refractivity contribution in [3.63, 3.8) is 0 Å². The molecular formula is C27H23NO4S. The van der Waals surface area contributed by atoms with Crippen molar-refractivity contribution in [2.75, 3.05) is 6.54 Å². The highest BCUT2D eigenvalue weighted by atomic mass is 32.2. The quantitative estimate of drug-likeness (QED) is 0.368. The van der Waals surface area contributed by atoms with E-state index in [0.717, 1.165) is 11.1 Å². The van der Waals surface area contributed by atoms with Crippen LogP contribution in [0.1, 0.15) is 22.0 Å². The Morgan fingerprint density at radius 2 is 1.21 bits per heavy atom. The van der Waals surface area contributed by atoms with Gasteiger partial charge in [0.05, 0.1) is 17.0 Å². The molecule has 5 nitrogen and oxygen atoms in total. The Balaban J connectivity index is 1.50. The maximum Gasteiger partial charge on any atom is 0.338 e. The summed E-state index contributed by atoms with van der Waals surface area (Å²) in [4.78, 5) is 13.0. The van der Waals surface area contributed by atoms with Gasteiger partial charge in [0.25, 0.3) is 0 Å². The second-order valence-corrected chi connectivity index (χ2v) is 9.18. The molecule has 33 heavy (non-hydrogen) atoms. The summed E-state index contributed by atoms with van der Waals surface area (Å²) in [5, 5.41) is 0. The zero-order valence-corrected chi connectivity index (χ0v) is 18.6. The van der Waals surface area contributed by atoms with E-state index in [-0.39, 0.29) is 11.4 Å². The number of esters is 1. The molecule has 0 spiro atoms. The predicted octanol–water partition coefficient (Wildman–Crippen LogP) is 5.23. The lowest BCUT2D eigenvalue weighted by molar-refractivity contribution is 0.0308. The third kappa shape index (κ3) is 5.74. The van der Waals surface area contributed by atoms with E-state index >= 15 is 0 Å². The van der Waals surface area contributed by atoms with Gasteiger partial charge in [-0.05, 0) is 41.0 Å². The lowest BCUT2D eigenvalue weighted by Gasteiger charge is -2.19. The number of carbonyl (C=O) groups excluding carboxylic acids is 1. The molecule has 1 unspecified atom stereocenters. The number of carbonyl (C=O) groups is 1. The van der Waals surface area contributed by atoms with E-state index in [1.54, 1.807) is 42.5 Å². The van der Waals surface area contributed by atoms with Gasteiger partial charge in [0.15, 0.2) is 0 Å². The molecule has 0 aliphatic rings. The lowest BCUT2D eigenvalue weighted by Crippen LogP contribution is -2.30. The normalized spacial score (nSPS) is 12.1. The van der Waals surface area contributed by atoms with Crippen molar-refractivity contribution < 1.29 is 17.9 Å². The zero-order chi connectivity index (χ0) is 23.1. The molecule has 4 aromatic carbocycles. The molecule has 0 saturated carbocycles. The Labute approximate surface area is 193 Å². The van der Waals surface area contributed by atoms with E-state index < -0.39 is 22.1 Å². The van der Waals surface area contributed by atoms with Crippen LogP contribution in [0, 0.1) is 0 Å². The Kier molecular flexibility index (Phi) is 6.98. The van der Waals surface area contributed by atoms with Crippen LogP contribution in [0.3, 0.4) is 0 Å². The van der Waals surface area contributed by atoms with Gasteiger partial charge in [-0.2, -0.15) is 0 Å². The summed E-state index contributed by atoms with van der Waals surface area (Å²) in [6, 6.07) is 34.2. The van der Waals surface area contributed by atoms with Gasteiger partial charge < -0.3 is 4.74 Å². The highest BCUT2D eigenvalue weighted by Crippen LogP contribution is 2.22. The minimum absolute atomic E-state index is 0.0882. The Bertz CT molecular complexity index is 1290. The highest BCUT2D eigenvalue weighted by Gasteiger charge is 2.22. The molecule has 0 heterocycles. The smallest absolute Gasteiger partial charge is 0.338 e. The van der Waals surface area contributed by atoms with Crippen molar-refractivity contribution in [1.29, 1.82) is 0 Å². The van der Waals surface area contributed by atoms with Crippen LogP contribution in [-0.2, 0) is 14.8 Å². The second kappa shape index (κ2) is 10.3. The molecule has 0 aliphatic carbocycles. The van der Waals surface area contributed by atoms with E-state index in [4.69, 9.17) is 4.74 Å². The van der Waals surface area contributed by atoms with Crippen molar-refractivity contribution in [3.05, 3.63) is 126 Å². The molecule has 4 aromatic rings. The standard InChI is InChI=1S/C27H23NO4S/c29-27(24-18-16-22(17-19-24)21-10-4-1-5-11-21)32-26(23-12-6-2-7-13-23)20-28-33(30,31)25-14-8-3-9-15-25/h1-19,26,28H,20H2. The maximum atomic E-state index is 12.9. The molecule has 1 atom stereocenters. The lowest BCUT2D eigenvalue weighted by atomic mass is 10.0. The fourth-order valence-electron chi connectivity index (χ4n) is 3.39. The van der Waals surface area contributed by atoms with E-state index in [2.05, 4.69) is 4.72 Å². The summed E-state index contributed by atoms with van der Waals surface area (Å²) < 4.78 is 33.6. The predicted molar refractivity (Wildman–Crippen MR) is 128 cm³/mol. The van der Waals surface area contributed by atoms with Crippen LogP contribution in [-0.4, -0.2) is 20.9 Å². The van der Waals surface area contributed by atoms with E-state index in [0.29, 0.717) is 11.1 Å². The summed E-state index contributed by atoms with van der Waals surface area (Å²) in [5.74, 6) is -0.526. The van der Waals surface area contributed by atoms with Gasteiger partial charge in [0.1, 0.15) is 6.10 Å². The number of hydrogen-bond acceptors (Lipinski definition) is 4. The topological polar surface area (TPSA) is 72.5 Å². The van der Waals surface area contributed by atoms with Gasteiger partial charge in [-0.25, -0.2) is 17.9 Å². The average Bonchev–Trinajstić information content (AvgIpc) is 2.88. The van der Waals surface area contributed by atoms with E-state index in [1.165, 1.54) is 12.1 Å². The van der Waals surface area contributed by atoms with Gasteiger partial charge in [-0.3, -0.25) is 0 Å². The molecule has 0 aromatic heterocycles. The molecule has 166 valence electrons. The SMILES string of the molecule is O=C(OC(CNS(=O)(=O)c1ccccc1)c1ccccc1)c1ccc(-c2ccccc2)cc1. The van der Waals surface area contributed by atoms with Crippen molar-refractivity contribution in [2.45, 2.75) is 11.0 Å². The monoisotopic (exact) mass is 457 g/mol. The maximum absolute atomic E-state index is 12.9. The molecular weight excluding hydrogens is 434 g/mol. The number of nitrogens with one attached hydrogen (secondary N) is 1. The van der Waals surface area contributed by atoms with Gasteiger partial charge in [-0.15, -0.1) is 0 Å². The van der Waals surface area contributed by atoms with Crippen LogP contribution in [0.4, 0.5) is 0 Å². The average molecular weight is 458 g/mol. The van der Waals surface area contributed by atoms with Gasteiger partial charge >= 0.3 is 5.97 Å². The minimum Gasteiger partial charge on any atom is -0.452 e. The third-order valence-corrected chi connectivity index (χ3v) is 6.60. The first-order valence-corrected chi connectivity index (χ1v) is 12.0. The molecule has 4 rings (SSSR count). The van der Waals surface area contributed by atoms with E-state index in [1.807, 2.05) is 60.7 Å². The van der Waals surface area contributed by atoms with Crippen molar-refractivity contribution in [1.82, 2.24) is 4.72 Å². The molecule has 0 saturated heterocycles. The van der Waals surface area contributed by atoms with Crippen LogP contribution in [0.25, 0.3) is 11.1 Å². The molecule has 0 radical (unpaired) electrons. The first-order chi connectivity index (χ1) is 16.0. The summed E-state index contributed by atoms with van der Waals surface area (Å²) in [6.07, 6.45) is -0.786. The largest absolute Gasteiger partial charge is 0.452 e. The van der Waals surface area contributed by atoms with Crippen LogP contribution in [0.15, 0.2) is 120 Å². The molecule has 0 fully saturated rings. The highest BCUT2D eigenvalue weighted by molar-refractivity contribution is 7.89. The molecule has 1 N–H and O–H groups in total. The Morgan fingerprint density at radius 1 is 0.697 bits per heavy atom.